The number of nitrogens with one attached hydrogen (secondary N) is 1. The van der Waals surface area contributed by atoms with Crippen molar-refractivity contribution in [2.45, 2.75) is 65.8 Å². The monoisotopic (exact) mass is 500 g/mol. The maximum atomic E-state index is 13.2. The van der Waals surface area contributed by atoms with Gasteiger partial charge in [0.05, 0.1) is 17.6 Å². The lowest BCUT2D eigenvalue weighted by molar-refractivity contribution is -0.117. The Morgan fingerprint density at radius 3 is 2.47 bits per heavy atom. The van der Waals surface area contributed by atoms with E-state index < -0.39 is 11.9 Å². The van der Waals surface area contributed by atoms with Crippen LogP contribution in [0.15, 0.2) is 4.79 Å². The SMILES string of the molecule is CCOC(=O)c1c(NC(=O)Cn2nnc3sc4c(c3c2=O)CCC(C)C4)sc2c1CCC(C)C2. The van der Waals surface area contributed by atoms with Crippen LogP contribution < -0.4 is 10.9 Å². The first-order chi connectivity index (χ1) is 16.4. The van der Waals surface area contributed by atoms with E-state index in [1.165, 1.54) is 27.6 Å². The van der Waals surface area contributed by atoms with Crippen LogP contribution in [0.3, 0.4) is 0 Å². The van der Waals surface area contributed by atoms with Crippen LogP contribution in [0.4, 0.5) is 5.00 Å². The highest BCUT2D eigenvalue weighted by atomic mass is 32.1. The highest BCUT2D eigenvalue weighted by Gasteiger charge is 2.29. The highest BCUT2D eigenvalue weighted by Crippen LogP contribution is 2.40. The Balaban J connectivity index is 1.42. The van der Waals surface area contributed by atoms with Crippen molar-refractivity contribution in [3.05, 3.63) is 36.8 Å². The number of ether oxygens (including phenoxy) is 1. The molecule has 0 aliphatic heterocycles. The van der Waals surface area contributed by atoms with Gasteiger partial charge in [-0.25, -0.2) is 9.48 Å². The number of nitrogens with zero attached hydrogens (tertiary/aromatic N) is 3. The molecular weight excluding hydrogens is 472 g/mol. The molecule has 1 N–H and O–H groups in total. The summed E-state index contributed by atoms with van der Waals surface area (Å²) < 4.78 is 6.41. The fourth-order valence-electron chi connectivity index (χ4n) is 4.96. The largest absolute Gasteiger partial charge is 0.462 e. The lowest BCUT2D eigenvalue weighted by Crippen LogP contribution is -2.31. The number of hydrogen-bond acceptors (Lipinski definition) is 8. The Hall–Kier alpha value is -2.59. The van der Waals surface area contributed by atoms with Gasteiger partial charge in [-0.15, -0.1) is 27.8 Å². The number of amides is 1. The standard InChI is InChI=1S/C24H28N4O4S2/c1-4-32-24(31)20-15-8-6-13(3)10-17(15)33-21(20)25-18(29)11-28-23(30)19-14-7-5-12(2)9-16(14)34-22(19)26-27-28/h12-13H,4-11H2,1-3H3,(H,25,29). The molecule has 34 heavy (non-hydrogen) atoms. The van der Waals surface area contributed by atoms with Gasteiger partial charge in [0.1, 0.15) is 11.5 Å². The number of aromatic nitrogens is 3. The van der Waals surface area contributed by atoms with Gasteiger partial charge in [0, 0.05) is 9.75 Å². The van der Waals surface area contributed by atoms with Crippen molar-refractivity contribution in [1.29, 1.82) is 0 Å². The van der Waals surface area contributed by atoms with Crippen molar-refractivity contribution >= 4 is 49.8 Å². The molecule has 2 aliphatic rings. The molecule has 3 heterocycles. The van der Waals surface area contributed by atoms with Crippen molar-refractivity contribution in [2.24, 2.45) is 11.8 Å². The van der Waals surface area contributed by atoms with Crippen LogP contribution in [0.25, 0.3) is 10.2 Å². The van der Waals surface area contributed by atoms with Gasteiger partial charge in [-0.3, -0.25) is 9.59 Å². The number of carbonyl (C=O) groups excluding carboxylic acids is 2. The number of anilines is 1. The zero-order valence-electron chi connectivity index (χ0n) is 19.6. The van der Waals surface area contributed by atoms with E-state index in [0.29, 0.717) is 32.6 Å². The van der Waals surface area contributed by atoms with E-state index in [9.17, 15) is 14.4 Å². The second-order valence-corrected chi connectivity index (χ2v) is 11.6. The lowest BCUT2D eigenvalue weighted by Gasteiger charge is -2.18. The number of thiophene rings is 2. The van der Waals surface area contributed by atoms with Gasteiger partial charge in [0.15, 0.2) is 4.83 Å². The number of rotatable bonds is 5. The van der Waals surface area contributed by atoms with Crippen LogP contribution in [0.5, 0.6) is 0 Å². The van der Waals surface area contributed by atoms with Crippen molar-refractivity contribution < 1.29 is 14.3 Å². The lowest BCUT2D eigenvalue weighted by atomic mass is 9.88. The van der Waals surface area contributed by atoms with E-state index >= 15 is 0 Å². The first kappa shape index (κ1) is 23.2. The first-order valence-corrected chi connectivity index (χ1v) is 13.5. The second-order valence-electron chi connectivity index (χ2n) is 9.41. The summed E-state index contributed by atoms with van der Waals surface area (Å²) in [6, 6.07) is 0. The predicted molar refractivity (Wildman–Crippen MR) is 133 cm³/mol. The molecule has 0 radical (unpaired) electrons. The Bertz CT molecular complexity index is 1340. The van der Waals surface area contributed by atoms with E-state index in [0.717, 1.165) is 59.2 Å². The van der Waals surface area contributed by atoms with Gasteiger partial charge >= 0.3 is 5.97 Å². The molecular formula is C24H28N4O4S2. The number of aryl methyl sites for hydroxylation is 1. The van der Waals surface area contributed by atoms with E-state index in [4.69, 9.17) is 4.74 Å². The van der Waals surface area contributed by atoms with Gasteiger partial charge in [-0.1, -0.05) is 19.1 Å². The summed E-state index contributed by atoms with van der Waals surface area (Å²) in [5, 5.41) is 12.2. The molecule has 8 nitrogen and oxygen atoms in total. The Morgan fingerprint density at radius 1 is 1.09 bits per heavy atom. The molecule has 2 aliphatic carbocycles. The van der Waals surface area contributed by atoms with Crippen molar-refractivity contribution in [3.8, 4) is 0 Å². The third kappa shape index (κ3) is 4.17. The Labute approximate surface area is 205 Å². The zero-order chi connectivity index (χ0) is 24.0. The normalized spacial score (nSPS) is 19.5. The molecule has 0 saturated heterocycles. The van der Waals surface area contributed by atoms with E-state index in [1.54, 1.807) is 6.92 Å². The van der Waals surface area contributed by atoms with Crippen molar-refractivity contribution in [1.82, 2.24) is 15.0 Å². The summed E-state index contributed by atoms with van der Waals surface area (Å²) in [4.78, 5) is 41.8. The summed E-state index contributed by atoms with van der Waals surface area (Å²) in [6.07, 6.45) is 5.52. The van der Waals surface area contributed by atoms with Gasteiger partial charge in [-0.05, 0) is 68.4 Å². The average Bonchev–Trinajstić information content (AvgIpc) is 3.32. The highest BCUT2D eigenvalue weighted by molar-refractivity contribution is 7.18. The Kier molecular flexibility index (Phi) is 6.28. The molecule has 0 saturated carbocycles. The topological polar surface area (TPSA) is 103 Å². The van der Waals surface area contributed by atoms with Crippen LogP contribution in [-0.4, -0.2) is 33.5 Å². The van der Waals surface area contributed by atoms with Crippen molar-refractivity contribution in [3.63, 3.8) is 0 Å². The molecule has 2 atom stereocenters. The van der Waals surface area contributed by atoms with Crippen molar-refractivity contribution in [2.75, 3.05) is 11.9 Å². The summed E-state index contributed by atoms with van der Waals surface area (Å²) >= 11 is 2.97. The summed E-state index contributed by atoms with van der Waals surface area (Å²) in [5.41, 5.74) is 2.22. The Morgan fingerprint density at radius 2 is 1.76 bits per heavy atom. The van der Waals surface area contributed by atoms with Gasteiger partial charge in [0.25, 0.3) is 5.56 Å². The van der Waals surface area contributed by atoms with Gasteiger partial charge < -0.3 is 10.1 Å². The molecule has 2 unspecified atom stereocenters. The molecule has 0 aromatic carbocycles. The van der Waals surface area contributed by atoms with Crippen LogP contribution in [0.2, 0.25) is 0 Å². The predicted octanol–water partition coefficient (Wildman–Crippen LogP) is 3.98. The third-order valence-electron chi connectivity index (χ3n) is 6.72. The van der Waals surface area contributed by atoms with Crippen LogP contribution in [-0.2, 0) is 41.8 Å². The maximum absolute atomic E-state index is 13.2. The molecule has 0 bridgehead atoms. The minimum atomic E-state index is -0.414. The van der Waals surface area contributed by atoms with Gasteiger partial charge in [-0.2, -0.15) is 0 Å². The number of fused-ring (bicyclic) bond motifs is 4. The molecule has 5 rings (SSSR count). The molecule has 3 aromatic heterocycles. The average molecular weight is 501 g/mol. The minimum Gasteiger partial charge on any atom is -0.462 e. The smallest absolute Gasteiger partial charge is 0.341 e. The quantitative estimate of drug-likeness (QED) is 0.532. The molecule has 0 fully saturated rings. The number of esters is 1. The van der Waals surface area contributed by atoms with Gasteiger partial charge in [0.2, 0.25) is 5.91 Å². The van der Waals surface area contributed by atoms with E-state index in [-0.39, 0.29) is 18.7 Å². The van der Waals surface area contributed by atoms with Crippen LogP contribution in [0, 0.1) is 11.8 Å². The fourth-order valence-corrected chi connectivity index (χ4v) is 7.69. The minimum absolute atomic E-state index is 0.260. The summed E-state index contributed by atoms with van der Waals surface area (Å²) in [6.45, 7) is 6.18. The second kappa shape index (κ2) is 9.22. The van der Waals surface area contributed by atoms with Crippen LogP contribution >= 0.6 is 22.7 Å². The maximum Gasteiger partial charge on any atom is 0.341 e. The van der Waals surface area contributed by atoms with E-state index in [2.05, 4.69) is 29.5 Å². The molecule has 180 valence electrons. The zero-order valence-corrected chi connectivity index (χ0v) is 21.2. The molecule has 1 amide bonds. The fraction of sp³-hybridized carbons (Fsp3) is 0.542. The van der Waals surface area contributed by atoms with E-state index in [1.807, 2.05) is 0 Å². The van der Waals surface area contributed by atoms with Crippen LogP contribution in [0.1, 0.15) is 64.9 Å². The summed E-state index contributed by atoms with van der Waals surface area (Å²) in [7, 11) is 0. The molecule has 0 spiro atoms. The summed E-state index contributed by atoms with van der Waals surface area (Å²) in [5.74, 6) is 0.299. The molecule has 3 aromatic rings. The third-order valence-corrected chi connectivity index (χ3v) is 9.03. The number of hydrogen-bond donors (Lipinski definition) is 1. The molecule has 10 heteroatoms. The number of carbonyl (C=O) groups is 2. The first-order valence-electron chi connectivity index (χ1n) is 11.8.